The molecule has 13 nitrogen and oxygen atoms in total. The van der Waals surface area contributed by atoms with Crippen LogP contribution in [0.15, 0.2) is 30.3 Å². The molecular formula is C42H71N5O8. The molecule has 0 spiro atoms. The number of hydrogen-bond donors (Lipinski definition) is 3. The van der Waals surface area contributed by atoms with Crippen molar-refractivity contribution >= 4 is 29.6 Å². The van der Waals surface area contributed by atoms with E-state index in [2.05, 4.69) is 10.6 Å². The van der Waals surface area contributed by atoms with Crippen LogP contribution in [-0.4, -0.2) is 133 Å². The quantitative estimate of drug-likeness (QED) is 0.157. The van der Waals surface area contributed by atoms with Crippen LogP contribution in [0.3, 0.4) is 0 Å². The molecule has 1 aliphatic rings. The van der Waals surface area contributed by atoms with E-state index < -0.39 is 60.2 Å². The zero-order chi connectivity index (χ0) is 41.7. The van der Waals surface area contributed by atoms with Gasteiger partial charge in [0.1, 0.15) is 12.1 Å². The fraction of sp³-hybridized carbons (Fsp3) is 0.738. The molecule has 1 aromatic rings. The van der Waals surface area contributed by atoms with Crippen molar-refractivity contribution in [2.24, 2.45) is 23.7 Å². The summed E-state index contributed by atoms with van der Waals surface area (Å²) < 4.78 is 11.9. The topological polar surface area (TPSA) is 158 Å². The van der Waals surface area contributed by atoms with Crippen LogP contribution in [0.25, 0.3) is 0 Å². The maximum atomic E-state index is 14.3. The van der Waals surface area contributed by atoms with E-state index in [0.29, 0.717) is 19.4 Å². The maximum Gasteiger partial charge on any atom is 0.326 e. The summed E-state index contributed by atoms with van der Waals surface area (Å²) in [7, 11) is 6.69. The minimum atomic E-state index is -1.14. The molecule has 55 heavy (non-hydrogen) atoms. The van der Waals surface area contributed by atoms with Crippen LogP contribution in [-0.2, 0) is 39.9 Å². The van der Waals surface area contributed by atoms with E-state index >= 15 is 0 Å². The third-order valence-electron chi connectivity index (χ3n) is 11.5. The molecule has 1 fully saturated rings. The van der Waals surface area contributed by atoms with Crippen molar-refractivity contribution < 1.29 is 38.6 Å². The maximum absolute atomic E-state index is 14.3. The Morgan fingerprint density at radius 3 is 2.00 bits per heavy atom. The second-order valence-electron chi connectivity index (χ2n) is 16.4. The number of likely N-dealkylation sites (N-methyl/N-ethyl adjacent to an activating group) is 2. The molecule has 3 N–H and O–H groups in total. The van der Waals surface area contributed by atoms with E-state index in [1.54, 1.807) is 30.9 Å². The Morgan fingerprint density at radius 2 is 1.51 bits per heavy atom. The summed E-state index contributed by atoms with van der Waals surface area (Å²) in [6.45, 7) is 18.1. The van der Waals surface area contributed by atoms with Gasteiger partial charge < -0.3 is 35.0 Å². The lowest BCUT2D eigenvalue weighted by Gasteiger charge is -2.41. The van der Waals surface area contributed by atoms with Crippen LogP contribution in [0, 0.1) is 23.7 Å². The molecule has 1 aliphatic heterocycles. The molecule has 0 bridgehead atoms. The first kappa shape index (κ1) is 47.6. The lowest BCUT2D eigenvalue weighted by molar-refractivity contribution is -0.148. The molecule has 0 unspecified atom stereocenters. The number of rotatable bonds is 22. The minimum Gasteiger partial charge on any atom is -0.480 e. The molecule has 1 heterocycles. The van der Waals surface area contributed by atoms with Gasteiger partial charge in [0.05, 0.1) is 42.7 Å². The first-order valence-electron chi connectivity index (χ1n) is 20.0. The first-order chi connectivity index (χ1) is 25.8. The molecule has 1 aromatic carbocycles. The molecule has 0 saturated carbocycles. The van der Waals surface area contributed by atoms with Crippen LogP contribution in [0.1, 0.15) is 93.6 Å². The lowest BCUT2D eigenvalue weighted by Crippen LogP contribution is -2.60. The summed E-state index contributed by atoms with van der Waals surface area (Å²) in [6.07, 6.45) is 0.808. The number of carboxylic acid groups (broad SMARTS) is 1. The average Bonchev–Trinajstić information content (AvgIpc) is 3.62. The highest BCUT2D eigenvalue weighted by Gasteiger charge is 2.43. The van der Waals surface area contributed by atoms with Gasteiger partial charge in [-0.3, -0.25) is 24.1 Å². The normalized spacial score (nSPS) is 19.1. The highest BCUT2D eigenvalue weighted by molar-refractivity contribution is 5.90. The summed E-state index contributed by atoms with van der Waals surface area (Å²) in [5.74, 6) is -3.21. The Hall–Kier alpha value is -3.55. The number of nitrogens with one attached hydrogen (secondary N) is 2. The Bertz CT molecular complexity index is 1390. The summed E-state index contributed by atoms with van der Waals surface area (Å²) in [4.78, 5) is 73.3. The van der Waals surface area contributed by atoms with Gasteiger partial charge in [0.15, 0.2) is 0 Å². The van der Waals surface area contributed by atoms with Gasteiger partial charge in [0.2, 0.25) is 23.6 Å². The van der Waals surface area contributed by atoms with Gasteiger partial charge in [0.25, 0.3) is 0 Å². The van der Waals surface area contributed by atoms with E-state index in [9.17, 15) is 29.1 Å². The van der Waals surface area contributed by atoms with Gasteiger partial charge in [-0.1, -0.05) is 85.2 Å². The van der Waals surface area contributed by atoms with E-state index in [-0.39, 0.29) is 54.4 Å². The van der Waals surface area contributed by atoms with Crippen molar-refractivity contribution in [3.05, 3.63) is 35.9 Å². The first-order valence-corrected chi connectivity index (χ1v) is 20.0. The number of carbonyl (C=O) groups is 5. The summed E-state index contributed by atoms with van der Waals surface area (Å²) in [6, 6.07) is 6.00. The number of carboxylic acids is 1. The van der Waals surface area contributed by atoms with Gasteiger partial charge in [-0.25, -0.2) is 4.79 Å². The Morgan fingerprint density at radius 1 is 0.891 bits per heavy atom. The standard InChI is InChI=1S/C42H71N5O8/c1-14-28(8)37(46(11)41(51)35(25(2)3)44-40(50)36(26(4)5)45(10)27(6)7)33(54-12)24-34(48)47-22-18-21-32(47)38(55-13)29(9)39(49)43-31(42(52)53)23-30-19-16-15-17-20-30/h15-17,19-20,25-29,31-33,35-38H,14,18,21-24H2,1-13H3,(H,43,49)(H,44,50)(H,52,53)/t28-,29+,31-,32-,33+,35-,36-,37-,38+/m0/s1. The third kappa shape index (κ3) is 12.7. The van der Waals surface area contributed by atoms with Crippen LogP contribution in [0.2, 0.25) is 0 Å². The number of carbonyl (C=O) groups excluding carboxylic acids is 4. The number of nitrogens with zero attached hydrogens (tertiary/aromatic N) is 3. The molecular weight excluding hydrogens is 702 g/mol. The zero-order valence-electron chi connectivity index (χ0n) is 35.7. The second-order valence-corrected chi connectivity index (χ2v) is 16.4. The molecule has 0 radical (unpaired) electrons. The average molecular weight is 774 g/mol. The van der Waals surface area contributed by atoms with Crippen molar-refractivity contribution in [2.45, 2.75) is 143 Å². The summed E-state index contributed by atoms with van der Waals surface area (Å²) in [5.41, 5.74) is 0.785. The molecule has 0 aliphatic carbocycles. The van der Waals surface area contributed by atoms with Crippen molar-refractivity contribution in [1.82, 2.24) is 25.3 Å². The van der Waals surface area contributed by atoms with Crippen molar-refractivity contribution in [1.29, 1.82) is 0 Å². The monoisotopic (exact) mass is 774 g/mol. The number of aliphatic carboxylic acids is 1. The van der Waals surface area contributed by atoms with E-state index in [1.807, 2.05) is 97.7 Å². The van der Waals surface area contributed by atoms with Gasteiger partial charge in [-0.2, -0.15) is 0 Å². The predicted molar refractivity (Wildman–Crippen MR) is 214 cm³/mol. The second kappa shape index (κ2) is 22.3. The molecule has 1 saturated heterocycles. The number of ether oxygens (including phenoxy) is 2. The van der Waals surface area contributed by atoms with Crippen molar-refractivity contribution in [3.63, 3.8) is 0 Å². The molecule has 9 atom stereocenters. The molecule has 2 rings (SSSR count). The van der Waals surface area contributed by atoms with Crippen LogP contribution in [0.4, 0.5) is 0 Å². The Balaban J connectivity index is 2.29. The number of methoxy groups -OCH3 is 2. The largest absolute Gasteiger partial charge is 0.480 e. The smallest absolute Gasteiger partial charge is 0.326 e. The molecule has 312 valence electrons. The zero-order valence-corrected chi connectivity index (χ0v) is 35.7. The van der Waals surface area contributed by atoms with Gasteiger partial charge in [-0.15, -0.1) is 0 Å². The Labute approximate surface area is 330 Å². The van der Waals surface area contributed by atoms with Gasteiger partial charge in [-0.05, 0) is 57.1 Å². The lowest BCUT2D eigenvalue weighted by atomic mass is 9.89. The van der Waals surface area contributed by atoms with Crippen LogP contribution >= 0.6 is 0 Å². The molecule has 0 aromatic heterocycles. The SMILES string of the molecule is CC[C@H](C)[C@@H]([C@@H](CC(=O)N1CCC[C@H]1[C@H](OC)[C@@H](C)C(=O)N[C@@H](Cc1ccccc1)C(=O)O)OC)N(C)C(=O)[C@@H](NC(=O)[C@H](C(C)C)N(C)C(C)C)C(C)C. The predicted octanol–water partition coefficient (Wildman–Crippen LogP) is 4.22. The van der Waals surface area contributed by atoms with Crippen LogP contribution in [0.5, 0.6) is 0 Å². The van der Waals surface area contributed by atoms with E-state index in [1.165, 1.54) is 7.11 Å². The summed E-state index contributed by atoms with van der Waals surface area (Å²) >= 11 is 0. The summed E-state index contributed by atoms with van der Waals surface area (Å²) in [5, 5.41) is 15.7. The van der Waals surface area contributed by atoms with E-state index in [0.717, 1.165) is 12.0 Å². The van der Waals surface area contributed by atoms with Crippen molar-refractivity contribution in [3.8, 4) is 0 Å². The molecule has 13 heteroatoms. The highest BCUT2D eigenvalue weighted by atomic mass is 16.5. The minimum absolute atomic E-state index is 0.0118. The fourth-order valence-electron chi connectivity index (χ4n) is 7.91. The highest BCUT2D eigenvalue weighted by Crippen LogP contribution is 2.30. The van der Waals surface area contributed by atoms with Gasteiger partial charge in [0, 0.05) is 40.3 Å². The third-order valence-corrected chi connectivity index (χ3v) is 11.5. The molecule has 4 amide bonds. The number of likely N-dealkylation sites (tertiary alicyclic amines) is 1. The fourth-order valence-corrected chi connectivity index (χ4v) is 7.91. The number of benzene rings is 1. The van der Waals surface area contributed by atoms with Crippen LogP contribution < -0.4 is 10.6 Å². The van der Waals surface area contributed by atoms with E-state index in [4.69, 9.17) is 9.47 Å². The number of hydrogen-bond acceptors (Lipinski definition) is 8. The Kier molecular flexibility index (Phi) is 19.3. The van der Waals surface area contributed by atoms with Crippen molar-refractivity contribution in [2.75, 3.05) is 34.9 Å². The number of amides is 4. The van der Waals surface area contributed by atoms with Gasteiger partial charge >= 0.3 is 5.97 Å².